The minimum Gasteiger partial charge on any atom is -0.345 e. The first-order valence-corrected chi connectivity index (χ1v) is 9.64. The van der Waals surface area contributed by atoms with E-state index >= 15 is 0 Å². The van der Waals surface area contributed by atoms with Gasteiger partial charge in [0, 0.05) is 32.6 Å². The Kier molecular flexibility index (Phi) is 4.84. The number of para-hydroxylation sites is 1. The summed E-state index contributed by atoms with van der Waals surface area (Å²) in [7, 11) is 0. The Morgan fingerprint density at radius 1 is 1.04 bits per heavy atom. The number of hydrogen-bond acceptors (Lipinski definition) is 4. The molecule has 134 valence electrons. The first-order chi connectivity index (χ1) is 12.7. The predicted octanol–water partition coefficient (Wildman–Crippen LogP) is 3.72. The number of carbonyl (C=O) groups excluding carboxylic acids is 1. The molecule has 0 aliphatic carbocycles. The van der Waals surface area contributed by atoms with Crippen LogP contribution in [-0.4, -0.2) is 42.0 Å². The third-order valence-electron chi connectivity index (χ3n) is 4.73. The maximum absolute atomic E-state index is 13.8. The van der Waals surface area contributed by atoms with Gasteiger partial charge in [-0.3, -0.25) is 4.79 Å². The molecule has 1 fully saturated rings. The Balaban J connectivity index is 1.34. The Morgan fingerprint density at radius 3 is 2.54 bits per heavy atom. The van der Waals surface area contributed by atoms with Crippen LogP contribution < -0.4 is 4.90 Å². The van der Waals surface area contributed by atoms with Gasteiger partial charge in [0.2, 0.25) is 5.91 Å². The summed E-state index contributed by atoms with van der Waals surface area (Å²) in [5, 5.41) is 0.835. The normalized spacial score (nSPS) is 14.8. The highest BCUT2D eigenvalue weighted by Gasteiger charge is 2.23. The average molecular weight is 369 g/mol. The number of piperazine rings is 1. The van der Waals surface area contributed by atoms with Crippen LogP contribution >= 0.6 is 11.3 Å². The quantitative estimate of drug-likeness (QED) is 0.703. The van der Waals surface area contributed by atoms with Gasteiger partial charge in [0.25, 0.3) is 0 Å². The largest absolute Gasteiger partial charge is 0.345 e. The van der Waals surface area contributed by atoms with Crippen molar-refractivity contribution in [2.45, 2.75) is 12.8 Å². The van der Waals surface area contributed by atoms with Gasteiger partial charge in [0.05, 0.1) is 4.70 Å². The van der Waals surface area contributed by atoms with E-state index in [1.807, 2.05) is 29.2 Å². The maximum Gasteiger partial charge on any atom is 0.223 e. The minimum absolute atomic E-state index is 0.198. The fraction of sp³-hybridized carbons (Fsp3) is 0.300. The second-order valence-corrected chi connectivity index (χ2v) is 7.45. The van der Waals surface area contributed by atoms with E-state index in [2.05, 4.69) is 22.0 Å². The van der Waals surface area contributed by atoms with E-state index in [1.165, 1.54) is 23.0 Å². The number of amides is 1. The van der Waals surface area contributed by atoms with Crippen molar-refractivity contribution in [3.05, 3.63) is 59.9 Å². The topological polar surface area (TPSA) is 36.4 Å². The van der Waals surface area contributed by atoms with Crippen molar-refractivity contribution in [1.82, 2.24) is 9.88 Å². The lowest BCUT2D eigenvalue weighted by Crippen LogP contribution is -2.48. The SMILES string of the molecule is O=C(CCc1ccccc1)N1CCN(c2nc3c(F)cccc3s2)CC1. The molecule has 0 saturated carbocycles. The number of benzene rings is 2. The highest BCUT2D eigenvalue weighted by Crippen LogP contribution is 2.30. The molecule has 2 heterocycles. The molecule has 1 aliphatic rings. The molecule has 4 nitrogen and oxygen atoms in total. The van der Waals surface area contributed by atoms with Crippen LogP contribution in [0.5, 0.6) is 0 Å². The number of halogens is 1. The molecule has 2 aromatic carbocycles. The third-order valence-corrected chi connectivity index (χ3v) is 5.81. The van der Waals surface area contributed by atoms with Crippen molar-refractivity contribution in [1.29, 1.82) is 0 Å². The van der Waals surface area contributed by atoms with Gasteiger partial charge in [-0.05, 0) is 24.1 Å². The van der Waals surface area contributed by atoms with Gasteiger partial charge in [0.1, 0.15) is 11.3 Å². The average Bonchev–Trinajstić information content (AvgIpc) is 3.13. The summed E-state index contributed by atoms with van der Waals surface area (Å²) in [6.45, 7) is 2.84. The fourth-order valence-electron chi connectivity index (χ4n) is 3.24. The van der Waals surface area contributed by atoms with Crippen LogP contribution in [0.15, 0.2) is 48.5 Å². The molecule has 26 heavy (non-hydrogen) atoms. The van der Waals surface area contributed by atoms with E-state index in [9.17, 15) is 9.18 Å². The highest BCUT2D eigenvalue weighted by molar-refractivity contribution is 7.22. The number of aryl methyl sites for hydroxylation is 1. The Hall–Kier alpha value is -2.47. The van der Waals surface area contributed by atoms with E-state index in [0.717, 1.165) is 29.3 Å². The van der Waals surface area contributed by atoms with E-state index in [0.29, 0.717) is 25.0 Å². The first-order valence-electron chi connectivity index (χ1n) is 8.82. The minimum atomic E-state index is -0.278. The summed E-state index contributed by atoms with van der Waals surface area (Å²) in [4.78, 5) is 21.0. The van der Waals surface area contributed by atoms with Crippen molar-refractivity contribution in [2.75, 3.05) is 31.1 Å². The standard InChI is InChI=1S/C20H20FN3OS/c21-16-7-4-8-17-19(16)22-20(26-17)24-13-11-23(12-14-24)18(25)10-9-15-5-2-1-3-6-15/h1-8H,9-14H2. The van der Waals surface area contributed by atoms with Gasteiger partial charge in [-0.2, -0.15) is 0 Å². The summed E-state index contributed by atoms with van der Waals surface area (Å²) in [5.41, 5.74) is 1.63. The van der Waals surface area contributed by atoms with Crippen molar-refractivity contribution in [2.24, 2.45) is 0 Å². The van der Waals surface area contributed by atoms with Gasteiger partial charge in [0.15, 0.2) is 5.13 Å². The lowest BCUT2D eigenvalue weighted by Gasteiger charge is -2.34. The summed E-state index contributed by atoms with van der Waals surface area (Å²) in [6, 6.07) is 15.1. The molecule has 1 aliphatic heterocycles. The third kappa shape index (κ3) is 3.55. The number of anilines is 1. The van der Waals surface area contributed by atoms with E-state index in [-0.39, 0.29) is 11.7 Å². The lowest BCUT2D eigenvalue weighted by molar-refractivity contribution is -0.131. The molecule has 3 aromatic rings. The van der Waals surface area contributed by atoms with E-state index < -0.39 is 0 Å². The number of fused-ring (bicyclic) bond motifs is 1. The molecule has 0 atom stereocenters. The number of carbonyl (C=O) groups is 1. The molecule has 1 aromatic heterocycles. The van der Waals surface area contributed by atoms with Crippen molar-refractivity contribution < 1.29 is 9.18 Å². The van der Waals surface area contributed by atoms with Crippen molar-refractivity contribution >= 4 is 32.6 Å². The predicted molar refractivity (Wildman–Crippen MR) is 103 cm³/mol. The number of aromatic nitrogens is 1. The first kappa shape index (κ1) is 17.0. The summed E-state index contributed by atoms with van der Waals surface area (Å²) >= 11 is 1.51. The number of hydrogen-bond donors (Lipinski definition) is 0. The van der Waals surface area contributed by atoms with E-state index in [4.69, 9.17) is 0 Å². The number of rotatable bonds is 4. The summed E-state index contributed by atoms with van der Waals surface area (Å²) in [6.07, 6.45) is 1.31. The van der Waals surface area contributed by atoms with Crippen molar-refractivity contribution in [3.8, 4) is 0 Å². The molecular weight excluding hydrogens is 349 g/mol. The second-order valence-electron chi connectivity index (χ2n) is 6.44. The van der Waals surface area contributed by atoms with Crippen LogP contribution in [0.2, 0.25) is 0 Å². The molecular formula is C20H20FN3OS. The molecule has 0 N–H and O–H groups in total. The Morgan fingerprint density at radius 2 is 1.81 bits per heavy atom. The Bertz CT molecular complexity index is 904. The summed E-state index contributed by atoms with van der Waals surface area (Å²) in [5.74, 6) is -0.0800. The lowest BCUT2D eigenvalue weighted by atomic mass is 10.1. The van der Waals surface area contributed by atoms with Gasteiger partial charge in [-0.1, -0.05) is 47.7 Å². The smallest absolute Gasteiger partial charge is 0.223 e. The molecule has 4 rings (SSSR count). The van der Waals surface area contributed by atoms with Gasteiger partial charge in [-0.15, -0.1) is 0 Å². The molecule has 0 spiro atoms. The monoisotopic (exact) mass is 369 g/mol. The van der Waals surface area contributed by atoms with Gasteiger partial charge >= 0.3 is 0 Å². The zero-order valence-electron chi connectivity index (χ0n) is 14.4. The molecule has 0 unspecified atom stereocenters. The van der Waals surface area contributed by atoms with Gasteiger partial charge < -0.3 is 9.80 Å². The highest BCUT2D eigenvalue weighted by atomic mass is 32.1. The molecule has 0 radical (unpaired) electrons. The molecule has 6 heteroatoms. The zero-order valence-corrected chi connectivity index (χ0v) is 15.2. The molecule has 0 bridgehead atoms. The van der Waals surface area contributed by atoms with Crippen LogP contribution in [-0.2, 0) is 11.2 Å². The second kappa shape index (κ2) is 7.41. The number of thiazole rings is 1. The van der Waals surface area contributed by atoms with E-state index in [1.54, 1.807) is 6.07 Å². The zero-order chi connectivity index (χ0) is 17.9. The van der Waals surface area contributed by atoms with Crippen LogP contribution in [0.3, 0.4) is 0 Å². The van der Waals surface area contributed by atoms with Crippen LogP contribution in [0.1, 0.15) is 12.0 Å². The fourth-order valence-corrected chi connectivity index (χ4v) is 4.27. The summed E-state index contributed by atoms with van der Waals surface area (Å²) < 4.78 is 14.7. The number of nitrogens with zero attached hydrogens (tertiary/aromatic N) is 3. The van der Waals surface area contributed by atoms with Gasteiger partial charge in [-0.25, -0.2) is 9.37 Å². The Labute approximate surface area is 155 Å². The maximum atomic E-state index is 13.8. The molecule has 1 amide bonds. The van der Waals surface area contributed by atoms with Crippen LogP contribution in [0.4, 0.5) is 9.52 Å². The van der Waals surface area contributed by atoms with Crippen molar-refractivity contribution in [3.63, 3.8) is 0 Å². The van der Waals surface area contributed by atoms with Crippen LogP contribution in [0, 0.1) is 5.82 Å². The van der Waals surface area contributed by atoms with Crippen LogP contribution in [0.25, 0.3) is 10.2 Å². The molecule has 1 saturated heterocycles.